The van der Waals surface area contributed by atoms with Gasteiger partial charge in [0.05, 0.1) is 0 Å². The van der Waals surface area contributed by atoms with Gasteiger partial charge in [0.15, 0.2) is 9.04 Å². The molecule has 0 aliphatic heterocycles. The Labute approximate surface area is 217 Å². The van der Waals surface area contributed by atoms with Gasteiger partial charge in [-0.25, -0.2) is 0 Å². The molecule has 0 aliphatic rings. The van der Waals surface area contributed by atoms with E-state index in [9.17, 15) is 0 Å². The average Bonchev–Trinajstić information content (AvgIpc) is 2.73. The molecule has 0 amide bonds. The third-order valence-corrected chi connectivity index (χ3v) is 17.3. The fourth-order valence-electron chi connectivity index (χ4n) is 4.94. The second kappa shape index (κ2) is 22.1. The van der Waals surface area contributed by atoms with Crippen molar-refractivity contribution in [2.45, 2.75) is 179 Å². The van der Waals surface area contributed by atoms with Gasteiger partial charge >= 0.3 is 0 Å². The van der Waals surface area contributed by atoms with Crippen LogP contribution in [0.4, 0.5) is 0 Å². The molecule has 0 atom stereocenters. The van der Waals surface area contributed by atoms with Crippen LogP contribution in [0.2, 0.25) is 69.5 Å². The van der Waals surface area contributed by atoms with Gasteiger partial charge in [-0.2, -0.15) is 0 Å². The summed E-state index contributed by atoms with van der Waals surface area (Å²) in [6.45, 7) is 17.4. The summed E-state index contributed by atoms with van der Waals surface area (Å²) in [6, 6.07) is 7.54. The molecular weight excluding hydrogens is 465 g/mol. The van der Waals surface area contributed by atoms with E-state index in [4.69, 9.17) is 4.12 Å². The minimum atomic E-state index is -0.945. The van der Waals surface area contributed by atoms with Crippen LogP contribution in [0, 0.1) is 0 Å². The van der Waals surface area contributed by atoms with Gasteiger partial charge in [-0.1, -0.05) is 160 Å². The number of hydrogen-bond donors (Lipinski definition) is 0. The van der Waals surface area contributed by atoms with Crippen LogP contribution in [0.25, 0.3) is 0 Å². The van der Waals surface area contributed by atoms with Gasteiger partial charge in [0.25, 0.3) is 0 Å². The summed E-state index contributed by atoms with van der Waals surface area (Å²) in [4.78, 5) is 0. The lowest BCUT2D eigenvalue weighted by atomic mass is 10.1. The van der Waals surface area contributed by atoms with Gasteiger partial charge < -0.3 is 4.12 Å². The van der Waals surface area contributed by atoms with Crippen molar-refractivity contribution in [3.63, 3.8) is 0 Å². The third-order valence-electron chi connectivity index (χ3n) is 7.37. The molecule has 0 unspecified atom stereocenters. The third kappa shape index (κ3) is 25.7. The first-order valence-corrected chi connectivity index (χ1v) is 25.8. The zero-order valence-corrected chi connectivity index (χ0v) is 28.5. The monoisotopic (exact) mass is 528 g/mol. The van der Waals surface area contributed by atoms with Crippen LogP contribution in [-0.2, 0) is 4.12 Å². The van der Waals surface area contributed by atoms with E-state index < -0.39 is 25.2 Å². The molecule has 0 saturated carbocycles. The van der Waals surface area contributed by atoms with Gasteiger partial charge in [0.1, 0.15) is 0 Å². The zero-order valence-electron chi connectivity index (χ0n) is 24.3. The van der Waals surface area contributed by atoms with Crippen LogP contribution < -0.4 is 0 Å². The van der Waals surface area contributed by atoms with E-state index in [1.165, 1.54) is 115 Å². The van der Waals surface area contributed by atoms with Gasteiger partial charge in [-0.15, -0.1) is 0 Å². The quantitative estimate of drug-likeness (QED) is 0.0845. The normalized spacial score (nSPS) is 12.7. The lowest BCUT2D eigenvalue weighted by molar-refractivity contribution is 0.571. The fourth-order valence-corrected chi connectivity index (χ4v) is 12.7. The van der Waals surface area contributed by atoms with Crippen molar-refractivity contribution in [1.82, 2.24) is 0 Å². The van der Waals surface area contributed by atoms with Gasteiger partial charge in [0, 0.05) is 16.1 Å². The largest absolute Gasteiger partial charge is 0.459 e. The maximum Gasteiger partial charge on any atom is 0.214 e. The average molecular weight is 529 g/mol. The molecule has 0 rings (SSSR count). The van der Waals surface area contributed by atoms with Crippen LogP contribution >= 0.6 is 0 Å². The van der Waals surface area contributed by atoms with Crippen molar-refractivity contribution < 1.29 is 4.12 Å². The van der Waals surface area contributed by atoms with Crippen molar-refractivity contribution >= 4 is 35.0 Å². The Morgan fingerprint density at radius 2 is 0.848 bits per heavy atom. The molecule has 0 aromatic rings. The molecule has 1 nitrogen and oxygen atoms in total. The molecule has 0 fully saturated rings. The molecule has 5 heteroatoms. The SMILES string of the molecule is CCCCCCCCCCC[Si](C)(C)CCCCCCCC[Si](C)(C)CCC[Si]O[SiH](C)C. The molecular formula is C28H64OSi4. The number of unbranched alkanes of at least 4 members (excludes halogenated alkanes) is 13. The summed E-state index contributed by atoms with van der Waals surface area (Å²) in [5, 5.41) is 0. The van der Waals surface area contributed by atoms with E-state index in [0.29, 0.717) is 0 Å². The van der Waals surface area contributed by atoms with E-state index in [1.807, 2.05) is 0 Å². The Kier molecular flexibility index (Phi) is 22.6. The molecule has 33 heavy (non-hydrogen) atoms. The highest BCUT2D eigenvalue weighted by Crippen LogP contribution is 2.25. The highest BCUT2D eigenvalue weighted by molar-refractivity contribution is 6.77. The minimum absolute atomic E-state index is 0.781. The summed E-state index contributed by atoms with van der Waals surface area (Å²) in [5.74, 6) is 0. The maximum atomic E-state index is 5.85. The summed E-state index contributed by atoms with van der Waals surface area (Å²) < 4.78 is 5.85. The predicted molar refractivity (Wildman–Crippen MR) is 164 cm³/mol. The molecule has 0 heterocycles. The van der Waals surface area contributed by atoms with E-state index in [1.54, 1.807) is 18.1 Å². The second-order valence-corrected chi connectivity index (χ2v) is 27.2. The first-order valence-electron chi connectivity index (χ1n) is 15.1. The zero-order chi connectivity index (χ0) is 24.8. The molecule has 0 N–H and O–H groups in total. The van der Waals surface area contributed by atoms with Gasteiger partial charge in [0.2, 0.25) is 9.76 Å². The fraction of sp³-hybridized carbons (Fsp3) is 1.00. The summed E-state index contributed by atoms with van der Waals surface area (Å²) in [6.07, 6.45) is 23.6. The minimum Gasteiger partial charge on any atom is -0.459 e. The van der Waals surface area contributed by atoms with Crippen LogP contribution in [0.3, 0.4) is 0 Å². The number of rotatable bonds is 25. The van der Waals surface area contributed by atoms with Crippen LogP contribution in [0.5, 0.6) is 0 Å². The van der Waals surface area contributed by atoms with Gasteiger partial charge in [-0.05, 0) is 19.1 Å². The smallest absolute Gasteiger partial charge is 0.214 e. The Balaban J connectivity index is 3.52. The van der Waals surface area contributed by atoms with E-state index >= 15 is 0 Å². The molecule has 0 aromatic carbocycles. The first kappa shape index (κ1) is 33.8. The standard InChI is InChI=1S/C28H64OSi4/c1-8-9-10-11-12-13-14-17-20-25-32(4,5)26-21-18-15-16-19-22-27-33(6,7)28-23-24-30-29-31(2)3/h31H,8-28H2,1-7H3. The first-order chi connectivity index (χ1) is 15.7. The van der Waals surface area contributed by atoms with Crippen molar-refractivity contribution in [3.8, 4) is 0 Å². The van der Waals surface area contributed by atoms with Crippen LogP contribution in [0.1, 0.15) is 110 Å². The van der Waals surface area contributed by atoms with Crippen molar-refractivity contribution in [2.75, 3.05) is 0 Å². The maximum absolute atomic E-state index is 5.85. The Morgan fingerprint density at radius 3 is 1.21 bits per heavy atom. The topological polar surface area (TPSA) is 9.23 Å². The van der Waals surface area contributed by atoms with Crippen LogP contribution in [0.15, 0.2) is 0 Å². The Morgan fingerprint density at radius 1 is 0.515 bits per heavy atom. The van der Waals surface area contributed by atoms with E-state index in [0.717, 1.165) is 9.76 Å². The highest BCUT2D eigenvalue weighted by atomic mass is 28.3. The molecule has 0 bridgehead atoms. The molecule has 0 aromatic heterocycles. The molecule has 198 valence electrons. The molecule has 2 radical (unpaired) electrons. The van der Waals surface area contributed by atoms with Crippen molar-refractivity contribution in [3.05, 3.63) is 0 Å². The van der Waals surface area contributed by atoms with Crippen molar-refractivity contribution in [2.24, 2.45) is 0 Å². The van der Waals surface area contributed by atoms with E-state index in [2.05, 4.69) is 46.2 Å². The Hall–Kier alpha value is 0.828. The summed E-state index contributed by atoms with van der Waals surface area (Å²) in [5.41, 5.74) is 0. The summed E-state index contributed by atoms with van der Waals surface area (Å²) in [7, 11) is -1.87. The highest BCUT2D eigenvalue weighted by Gasteiger charge is 2.20. The Bertz CT molecular complexity index is 413. The van der Waals surface area contributed by atoms with E-state index in [-0.39, 0.29) is 0 Å². The molecule has 0 aliphatic carbocycles. The molecule has 0 saturated heterocycles. The predicted octanol–water partition coefficient (Wildman–Crippen LogP) is 10.7. The molecule has 0 spiro atoms. The lowest BCUT2D eigenvalue weighted by Crippen LogP contribution is -2.25. The second-order valence-electron chi connectivity index (χ2n) is 12.7. The van der Waals surface area contributed by atoms with Gasteiger partial charge in [-0.3, -0.25) is 0 Å². The number of hydrogen-bond acceptors (Lipinski definition) is 1. The lowest BCUT2D eigenvalue weighted by Gasteiger charge is -2.23. The van der Waals surface area contributed by atoms with Crippen molar-refractivity contribution in [1.29, 1.82) is 0 Å². The van der Waals surface area contributed by atoms with Crippen LogP contribution in [-0.4, -0.2) is 35.0 Å². The summed E-state index contributed by atoms with van der Waals surface area (Å²) >= 11 is 0.